The lowest BCUT2D eigenvalue weighted by atomic mass is 10.1. The van der Waals surface area contributed by atoms with Crippen LogP contribution in [0.15, 0.2) is 64.5 Å². The van der Waals surface area contributed by atoms with Crippen LogP contribution in [0.25, 0.3) is 10.8 Å². The fourth-order valence-electron chi connectivity index (χ4n) is 3.07. The van der Waals surface area contributed by atoms with Gasteiger partial charge in [0.05, 0.1) is 11.1 Å². The number of carbonyl (C=O) groups is 1. The summed E-state index contributed by atoms with van der Waals surface area (Å²) in [6.07, 6.45) is 2.40. The summed E-state index contributed by atoms with van der Waals surface area (Å²) in [5, 5.41) is 9.68. The number of hydrogen-bond donors (Lipinski definition) is 1. The van der Waals surface area contributed by atoms with Gasteiger partial charge in [-0.15, -0.1) is 0 Å². The molecule has 0 bridgehead atoms. The van der Waals surface area contributed by atoms with Gasteiger partial charge < -0.3 is 0 Å². The van der Waals surface area contributed by atoms with Gasteiger partial charge in [-0.1, -0.05) is 68.8 Å². The Hall–Kier alpha value is -3.28. The van der Waals surface area contributed by atoms with Gasteiger partial charge in [-0.2, -0.15) is 10.2 Å². The number of fused-ring (bicyclic) bond motifs is 1. The summed E-state index contributed by atoms with van der Waals surface area (Å²) < 4.78 is 1.35. The van der Waals surface area contributed by atoms with Gasteiger partial charge in [0.25, 0.3) is 11.5 Å². The summed E-state index contributed by atoms with van der Waals surface area (Å²) in [4.78, 5) is 25.4. The van der Waals surface area contributed by atoms with E-state index in [2.05, 4.69) is 22.5 Å². The van der Waals surface area contributed by atoms with Crippen LogP contribution in [0.2, 0.25) is 0 Å². The molecule has 0 unspecified atom stereocenters. The Morgan fingerprint density at radius 1 is 1.00 bits per heavy atom. The summed E-state index contributed by atoms with van der Waals surface area (Å²) in [6, 6.07) is 16.8. The van der Waals surface area contributed by atoms with E-state index < -0.39 is 5.91 Å². The standard InChI is InChI=1S/C22H24N4O2/c1-3-10-19(16-11-6-5-7-12-16)23-24-21(27)20-17-13-8-9-14-18(17)22(28)26(25-20)15-4-2/h5-9,11-14H,3-4,10,15H2,1-2H3,(H,24,27)/b23-19-. The van der Waals surface area contributed by atoms with Crippen molar-refractivity contribution >= 4 is 22.4 Å². The first-order valence-electron chi connectivity index (χ1n) is 9.57. The Balaban J connectivity index is 1.99. The molecule has 3 aromatic rings. The maximum absolute atomic E-state index is 12.9. The number of rotatable bonds is 7. The highest BCUT2D eigenvalue weighted by Gasteiger charge is 2.16. The quantitative estimate of drug-likeness (QED) is 0.504. The zero-order chi connectivity index (χ0) is 19.9. The van der Waals surface area contributed by atoms with Crippen molar-refractivity contribution in [1.82, 2.24) is 15.2 Å². The van der Waals surface area contributed by atoms with E-state index in [1.54, 1.807) is 24.3 Å². The van der Waals surface area contributed by atoms with Crippen molar-refractivity contribution in [1.29, 1.82) is 0 Å². The van der Waals surface area contributed by atoms with Crippen molar-refractivity contribution < 1.29 is 4.79 Å². The van der Waals surface area contributed by atoms with E-state index in [0.29, 0.717) is 17.3 Å². The highest BCUT2D eigenvalue weighted by atomic mass is 16.2. The average molecular weight is 376 g/mol. The molecule has 0 aliphatic heterocycles. The third-order valence-corrected chi connectivity index (χ3v) is 4.40. The molecule has 1 aromatic heterocycles. The second-order valence-corrected chi connectivity index (χ2v) is 6.54. The molecular formula is C22H24N4O2. The maximum atomic E-state index is 12.9. The molecule has 0 aliphatic rings. The average Bonchev–Trinajstić information content (AvgIpc) is 2.73. The molecule has 0 aliphatic carbocycles. The van der Waals surface area contributed by atoms with Crippen molar-refractivity contribution in [3.05, 3.63) is 76.2 Å². The number of hydrazone groups is 1. The van der Waals surface area contributed by atoms with Crippen molar-refractivity contribution in [2.45, 2.75) is 39.7 Å². The Labute approximate surface area is 163 Å². The van der Waals surface area contributed by atoms with Gasteiger partial charge in [0, 0.05) is 11.9 Å². The van der Waals surface area contributed by atoms with Crippen molar-refractivity contribution in [3.63, 3.8) is 0 Å². The Kier molecular flexibility index (Phi) is 6.32. The summed E-state index contributed by atoms with van der Waals surface area (Å²) in [7, 11) is 0. The summed E-state index contributed by atoms with van der Waals surface area (Å²) in [6.45, 7) is 4.48. The Bertz CT molecular complexity index is 1060. The zero-order valence-electron chi connectivity index (χ0n) is 16.2. The van der Waals surface area contributed by atoms with E-state index in [1.165, 1.54) is 4.68 Å². The highest BCUT2D eigenvalue weighted by molar-refractivity contribution is 6.06. The van der Waals surface area contributed by atoms with Crippen molar-refractivity contribution in [3.8, 4) is 0 Å². The van der Waals surface area contributed by atoms with Crippen LogP contribution >= 0.6 is 0 Å². The lowest BCUT2D eigenvalue weighted by Crippen LogP contribution is -2.29. The van der Waals surface area contributed by atoms with E-state index >= 15 is 0 Å². The molecule has 0 spiro atoms. The molecule has 0 atom stereocenters. The van der Waals surface area contributed by atoms with Gasteiger partial charge in [-0.05, 0) is 24.5 Å². The first-order chi connectivity index (χ1) is 13.7. The molecule has 1 N–H and O–H groups in total. The predicted octanol–water partition coefficient (Wildman–Crippen LogP) is 3.74. The SMILES string of the molecule is CCC/C(=N/NC(=O)c1nn(CCC)c(=O)c2ccccc12)c1ccccc1. The molecule has 6 nitrogen and oxygen atoms in total. The molecule has 0 saturated carbocycles. The van der Waals surface area contributed by atoms with E-state index in [4.69, 9.17) is 0 Å². The maximum Gasteiger partial charge on any atom is 0.292 e. The number of aryl methyl sites for hydroxylation is 1. The Morgan fingerprint density at radius 3 is 2.36 bits per heavy atom. The van der Waals surface area contributed by atoms with Crippen LogP contribution in [-0.4, -0.2) is 21.4 Å². The predicted molar refractivity (Wildman–Crippen MR) is 112 cm³/mol. The normalized spacial score (nSPS) is 11.6. The van der Waals surface area contributed by atoms with Crippen LogP contribution < -0.4 is 11.0 Å². The van der Waals surface area contributed by atoms with Gasteiger partial charge in [-0.25, -0.2) is 10.1 Å². The lowest BCUT2D eigenvalue weighted by Gasteiger charge is -2.10. The largest absolute Gasteiger partial charge is 0.292 e. The van der Waals surface area contributed by atoms with Gasteiger partial charge in [0.15, 0.2) is 5.69 Å². The fraction of sp³-hybridized carbons (Fsp3) is 0.273. The van der Waals surface area contributed by atoms with Crippen LogP contribution in [0, 0.1) is 0 Å². The van der Waals surface area contributed by atoms with E-state index in [0.717, 1.165) is 30.5 Å². The minimum atomic E-state index is -0.425. The number of nitrogens with zero attached hydrogens (tertiary/aromatic N) is 3. The number of benzene rings is 2. The van der Waals surface area contributed by atoms with Crippen LogP contribution in [-0.2, 0) is 6.54 Å². The van der Waals surface area contributed by atoms with Crippen molar-refractivity contribution in [2.24, 2.45) is 5.10 Å². The lowest BCUT2D eigenvalue weighted by molar-refractivity contribution is 0.0949. The number of nitrogens with one attached hydrogen (secondary N) is 1. The first kappa shape index (κ1) is 19.5. The first-order valence-corrected chi connectivity index (χ1v) is 9.57. The zero-order valence-corrected chi connectivity index (χ0v) is 16.2. The fourth-order valence-corrected chi connectivity index (χ4v) is 3.07. The molecule has 1 heterocycles. The molecular weight excluding hydrogens is 352 g/mol. The van der Waals surface area contributed by atoms with Crippen LogP contribution in [0.5, 0.6) is 0 Å². The van der Waals surface area contributed by atoms with Gasteiger partial charge in [0.2, 0.25) is 0 Å². The molecule has 28 heavy (non-hydrogen) atoms. The van der Waals surface area contributed by atoms with Gasteiger partial charge in [-0.3, -0.25) is 9.59 Å². The second kappa shape index (κ2) is 9.08. The molecule has 6 heteroatoms. The monoisotopic (exact) mass is 376 g/mol. The molecule has 0 saturated heterocycles. The molecule has 1 amide bonds. The van der Waals surface area contributed by atoms with E-state index in [9.17, 15) is 9.59 Å². The molecule has 3 rings (SSSR count). The number of aromatic nitrogens is 2. The van der Waals surface area contributed by atoms with Crippen molar-refractivity contribution in [2.75, 3.05) is 0 Å². The summed E-state index contributed by atoms with van der Waals surface area (Å²) in [5.41, 5.74) is 4.43. The number of amides is 1. The summed E-state index contributed by atoms with van der Waals surface area (Å²) in [5.74, 6) is -0.425. The minimum absolute atomic E-state index is 0.187. The molecule has 2 aromatic carbocycles. The van der Waals surface area contributed by atoms with Crippen LogP contribution in [0.1, 0.15) is 49.2 Å². The Morgan fingerprint density at radius 2 is 1.68 bits per heavy atom. The van der Waals surface area contributed by atoms with E-state index in [1.807, 2.05) is 37.3 Å². The summed E-state index contributed by atoms with van der Waals surface area (Å²) >= 11 is 0. The topological polar surface area (TPSA) is 76.3 Å². The van der Waals surface area contributed by atoms with Gasteiger partial charge >= 0.3 is 0 Å². The van der Waals surface area contributed by atoms with E-state index in [-0.39, 0.29) is 11.3 Å². The smallest absolute Gasteiger partial charge is 0.267 e. The number of hydrogen-bond acceptors (Lipinski definition) is 4. The van der Waals surface area contributed by atoms with Gasteiger partial charge in [0.1, 0.15) is 0 Å². The highest BCUT2D eigenvalue weighted by Crippen LogP contribution is 2.14. The third kappa shape index (κ3) is 4.17. The third-order valence-electron chi connectivity index (χ3n) is 4.40. The van der Waals surface area contributed by atoms with Crippen LogP contribution in [0.4, 0.5) is 0 Å². The molecule has 0 fully saturated rings. The molecule has 0 radical (unpaired) electrons. The van der Waals surface area contributed by atoms with Crippen LogP contribution in [0.3, 0.4) is 0 Å². The molecule has 144 valence electrons. The second-order valence-electron chi connectivity index (χ2n) is 6.54. The minimum Gasteiger partial charge on any atom is -0.267 e. The number of carbonyl (C=O) groups excluding carboxylic acids is 1.